The van der Waals surface area contributed by atoms with Crippen molar-refractivity contribution in [2.24, 2.45) is 0 Å². The molecule has 2 rings (SSSR count). The molecule has 0 bridgehead atoms. The molecule has 0 aliphatic heterocycles. The zero-order valence-corrected chi connectivity index (χ0v) is 17.8. The Bertz CT molecular complexity index is 1020. The van der Waals surface area contributed by atoms with E-state index < -0.39 is 22.0 Å². The van der Waals surface area contributed by atoms with Gasteiger partial charge in [-0.15, -0.1) is 0 Å². The summed E-state index contributed by atoms with van der Waals surface area (Å²) in [6.45, 7) is 7.58. The van der Waals surface area contributed by atoms with Crippen LogP contribution in [0.25, 0.3) is 0 Å². The third-order valence-electron chi connectivity index (χ3n) is 4.42. The number of nitrogens with zero attached hydrogens (tertiary/aromatic N) is 2. The second kappa shape index (κ2) is 9.54. The van der Waals surface area contributed by atoms with Crippen molar-refractivity contribution in [3.05, 3.63) is 53.6 Å². The molecule has 2 aromatic rings. The van der Waals surface area contributed by atoms with E-state index >= 15 is 0 Å². The fourth-order valence-corrected chi connectivity index (χ4v) is 4.51. The molecule has 1 amide bonds. The maximum atomic E-state index is 12.9. The monoisotopic (exact) mass is 415 g/mol. The predicted molar refractivity (Wildman–Crippen MR) is 111 cm³/mol. The second-order valence-corrected chi connectivity index (χ2v) is 8.36. The van der Waals surface area contributed by atoms with Gasteiger partial charge in [0.25, 0.3) is 5.91 Å². The summed E-state index contributed by atoms with van der Waals surface area (Å²) >= 11 is 0. The first-order valence-electron chi connectivity index (χ1n) is 9.31. The summed E-state index contributed by atoms with van der Waals surface area (Å²) in [6, 6.07) is 13.3. The molecule has 0 heterocycles. The predicted octanol–water partition coefficient (Wildman–Crippen LogP) is 3.30. The van der Waals surface area contributed by atoms with Crippen molar-refractivity contribution in [3.8, 4) is 11.8 Å². The van der Waals surface area contributed by atoms with Gasteiger partial charge < -0.3 is 10.1 Å². The van der Waals surface area contributed by atoms with Crippen LogP contribution in [-0.4, -0.2) is 37.8 Å². The Morgan fingerprint density at radius 2 is 1.90 bits per heavy atom. The van der Waals surface area contributed by atoms with Crippen LogP contribution in [0.5, 0.6) is 5.75 Å². The third kappa shape index (κ3) is 5.34. The fraction of sp³-hybridized carbons (Fsp3) is 0.333. The van der Waals surface area contributed by atoms with Crippen LogP contribution in [-0.2, 0) is 14.8 Å². The summed E-state index contributed by atoms with van der Waals surface area (Å²) in [6.07, 6.45) is -0.840. The van der Waals surface area contributed by atoms with E-state index in [1.807, 2.05) is 6.07 Å². The molecule has 29 heavy (non-hydrogen) atoms. The molecule has 0 unspecified atom stereocenters. The molecule has 1 N–H and O–H groups in total. The average molecular weight is 416 g/mol. The van der Waals surface area contributed by atoms with Gasteiger partial charge in [-0.2, -0.15) is 9.57 Å². The molecule has 0 spiro atoms. The molecule has 8 heteroatoms. The summed E-state index contributed by atoms with van der Waals surface area (Å²) in [5, 5.41) is 11.6. The van der Waals surface area contributed by atoms with E-state index in [1.165, 1.54) is 10.4 Å². The molecule has 2 aromatic carbocycles. The lowest BCUT2D eigenvalue weighted by atomic mass is 10.2. The lowest BCUT2D eigenvalue weighted by Crippen LogP contribution is -2.32. The Kier molecular flexibility index (Phi) is 7.37. The van der Waals surface area contributed by atoms with Gasteiger partial charge in [0.1, 0.15) is 5.75 Å². The van der Waals surface area contributed by atoms with Crippen molar-refractivity contribution in [1.29, 1.82) is 5.26 Å². The molecule has 0 saturated heterocycles. The molecule has 0 fully saturated rings. The lowest BCUT2D eigenvalue weighted by Gasteiger charge is -2.20. The van der Waals surface area contributed by atoms with Crippen LogP contribution in [0.4, 0.5) is 5.69 Å². The number of anilines is 1. The average Bonchev–Trinajstić information content (AvgIpc) is 2.70. The third-order valence-corrected chi connectivity index (χ3v) is 6.62. The van der Waals surface area contributed by atoms with E-state index in [0.29, 0.717) is 35.7 Å². The largest absolute Gasteiger partial charge is 0.481 e. The SMILES string of the molecule is CCN(CC)S(=O)(=O)c1cc(NC(=O)[C@H](C)Oc2cccc(C#N)c2)ccc1C. The van der Waals surface area contributed by atoms with Crippen molar-refractivity contribution in [2.45, 2.75) is 38.7 Å². The Morgan fingerprint density at radius 3 is 2.52 bits per heavy atom. The topological polar surface area (TPSA) is 99.5 Å². The van der Waals surface area contributed by atoms with E-state index in [1.54, 1.807) is 64.1 Å². The minimum absolute atomic E-state index is 0.161. The van der Waals surface area contributed by atoms with Gasteiger partial charge in [-0.3, -0.25) is 4.79 Å². The highest BCUT2D eigenvalue weighted by molar-refractivity contribution is 7.89. The number of hydrogen-bond donors (Lipinski definition) is 1. The van der Waals surface area contributed by atoms with Crippen LogP contribution in [0, 0.1) is 18.3 Å². The van der Waals surface area contributed by atoms with Gasteiger partial charge in [0, 0.05) is 18.8 Å². The molecule has 0 aliphatic carbocycles. The minimum Gasteiger partial charge on any atom is -0.481 e. The summed E-state index contributed by atoms with van der Waals surface area (Å²) < 4.78 is 32.7. The van der Waals surface area contributed by atoms with Gasteiger partial charge in [-0.1, -0.05) is 26.0 Å². The highest BCUT2D eigenvalue weighted by atomic mass is 32.2. The molecule has 0 aliphatic rings. The highest BCUT2D eigenvalue weighted by Crippen LogP contribution is 2.24. The summed E-state index contributed by atoms with van der Waals surface area (Å²) in [5.74, 6) is -0.0252. The van der Waals surface area contributed by atoms with E-state index in [-0.39, 0.29) is 4.90 Å². The summed E-state index contributed by atoms with van der Waals surface area (Å²) in [4.78, 5) is 12.7. The van der Waals surface area contributed by atoms with Crippen molar-refractivity contribution in [2.75, 3.05) is 18.4 Å². The number of sulfonamides is 1. The van der Waals surface area contributed by atoms with Crippen molar-refractivity contribution in [3.63, 3.8) is 0 Å². The highest BCUT2D eigenvalue weighted by Gasteiger charge is 2.24. The number of carbonyl (C=O) groups is 1. The van der Waals surface area contributed by atoms with Crippen LogP contribution >= 0.6 is 0 Å². The van der Waals surface area contributed by atoms with Gasteiger partial charge >= 0.3 is 0 Å². The lowest BCUT2D eigenvalue weighted by molar-refractivity contribution is -0.122. The number of ether oxygens (including phenoxy) is 1. The zero-order valence-electron chi connectivity index (χ0n) is 17.0. The summed E-state index contributed by atoms with van der Waals surface area (Å²) in [5.41, 5.74) is 1.40. The Morgan fingerprint density at radius 1 is 1.21 bits per heavy atom. The number of amides is 1. The van der Waals surface area contributed by atoms with E-state index in [4.69, 9.17) is 10.00 Å². The molecule has 0 radical (unpaired) electrons. The van der Waals surface area contributed by atoms with E-state index in [2.05, 4.69) is 5.32 Å². The van der Waals surface area contributed by atoms with Crippen LogP contribution in [0.3, 0.4) is 0 Å². The number of hydrogen-bond acceptors (Lipinski definition) is 5. The first-order valence-corrected chi connectivity index (χ1v) is 10.7. The number of rotatable bonds is 8. The van der Waals surface area contributed by atoms with Crippen LogP contribution in [0.2, 0.25) is 0 Å². The van der Waals surface area contributed by atoms with Crippen molar-refractivity contribution >= 4 is 21.6 Å². The van der Waals surface area contributed by atoms with Gasteiger partial charge in [-0.25, -0.2) is 8.42 Å². The van der Waals surface area contributed by atoms with Gasteiger partial charge in [0.05, 0.1) is 16.5 Å². The molecule has 7 nitrogen and oxygen atoms in total. The maximum Gasteiger partial charge on any atom is 0.265 e. The standard InChI is InChI=1S/C21H25N3O4S/c1-5-24(6-2)29(26,27)20-13-18(11-10-15(20)3)23-21(25)16(4)28-19-9-7-8-17(12-19)14-22/h7-13,16H,5-6H2,1-4H3,(H,23,25)/t16-/m0/s1. The van der Waals surface area contributed by atoms with Gasteiger partial charge in [0.15, 0.2) is 6.10 Å². The molecule has 0 aromatic heterocycles. The number of nitriles is 1. The first kappa shape index (κ1) is 22.4. The molecule has 0 saturated carbocycles. The normalized spacial score (nSPS) is 12.3. The van der Waals surface area contributed by atoms with Gasteiger partial charge in [0.2, 0.25) is 10.0 Å². The number of carbonyl (C=O) groups excluding carboxylic acids is 1. The number of benzene rings is 2. The van der Waals surface area contributed by atoms with Crippen molar-refractivity contribution < 1.29 is 17.9 Å². The second-order valence-electron chi connectivity index (χ2n) is 6.46. The first-order chi connectivity index (χ1) is 13.7. The summed E-state index contributed by atoms with van der Waals surface area (Å²) in [7, 11) is -3.65. The van der Waals surface area contributed by atoms with Crippen LogP contribution in [0.15, 0.2) is 47.4 Å². The Labute approximate surface area is 172 Å². The zero-order chi connectivity index (χ0) is 21.6. The number of aryl methyl sites for hydroxylation is 1. The van der Waals surface area contributed by atoms with Gasteiger partial charge in [-0.05, 0) is 49.7 Å². The van der Waals surface area contributed by atoms with Crippen molar-refractivity contribution in [1.82, 2.24) is 4.31 Å². The molecule has 154 valence electrons. The maximum absolute atomic E-state index is 12.9. The fourth-order valence-electron chi connectivity index (χ4n) is 2.80. The Balaban J connectivity index is 2.19. The van der Waals surface area contributed by atoms with Crippen LogP contribution in [0.1, 0.15) is 31.9 Å². The Hall–Kier alpha value is -2.89. The quantitative estimate of drug-likeness (QED) is 0.713. The van der Waals surface area contributed by atoms with Crippen LogP contribution < -0.4 is 10.1 Å². The molecular weight excluding hydrogens is 390 g/mol. The molecule has 1 atom stereocenters. The van der Waals surface area contributed by atoms with E-state index in [0.717, 1.165) is 0 Å². The van der Waals surface area contributed by atoms with E-state index in [9.17, 15) is 13.2 Å². The number of nitrogens with one attached hydrogen (secondary N) is 1. The minimum atomic E-state index is -3.65. The molecular formula is C21H25N3O4S. The smallest absolute Gasteiger partial charge is 0.265 e.